The minimum Gasteiger partial charge on any atom is -0.324 e. The average molecular weight is 351 g/mol. The van der Waals surface area contributed by atoms with Gasteiger partial charge in [-0.2, -0.15) is 0 Å². The standard InChI is InChI=1S/C19H17N3O4/c1-11(17(24)20-14-7-5-6-13(10-14)12(2)23)22-18(25)15-8-3-4-9-16(15)21-19(22)26/h3-11H,1-2H3,(H,20,24)(H,21,26)/t11-/m0/s1. The zero-order valence-electron chi connectivity index (χ0n) is 14.3. The van der Waals surface area contributed by atoms with Crippen LogP contribution in [0.3, 0.4) is 0 Å². The van der Waals surface area contributed by atoms with Crippen molar-refractivity contribution in [2.75, 3.05) is 5.32 Å². The van der Waals surface area contributed by atoms with E-state index >= 15 is 0 Å². The number of anilines is 1. The molecule has 0 saturated heterocycles. The first-order valence-electron chi connectivity index (χ1n) is 8.04. The Hall–Kier alpha value is -3.48. The number of hydrogen-bond acceptors (Lipinski definition) is 4. The monoisotopic (exact) mass is 351 g/mol. The topological polar surface area (TPSA) is 101 Å². The van der Waals surface area contributed by atoms with Gasteiger partial charge in [-0.15, -0.1) is 0 Å². The van der Waals surface area contributed by atoms with Gasteiger partial charge in [0.1, 0.15) is 6.04 Å². The second-order valence-electron chi connectivity index (χ2n) is 5.95. The van der Waals surface area contributed by atoms with Gasteiger partial charge in [0.15, 0.2) is 5.78 Å². The summed E-state index contributed by atoms with van der Waals surface area (Å²) < 4.78 is 0.881. The van der Waals surface area contributed by atoms with E-state index in [1.807, 2.05) is 0 Å². The van der Waals surface area contributed by atoms with Crippen molar-refractivity contribution in [1.82, 2.24) is 9.55 Å². The summed E-state index contributed by atoms with van der Waals surface area (Å²) in [6, 6.07) is 12.0. The lowest BCUT2D eigenvalue weighted by atomic mass is 10.1. The first-order valence-corrected chi connectivity index (χ1v) is 8.04. The van der Waals surface area contributed by atoms with Crippen molar-refractivity contribution in [2.24, 2.45) is 0 Å². The van der Waals surface area contributed by atoms with E-state index in [0.717, 1.165) is 4.57 Å². The fourth-order valence-electron chi connectivity index (χ4n) is 2.71. The number of amides is 1. The van der Waals surface area contributed by atoms with E-state index in [-0.39, 0.29) is 5.78 Å². The third-order valence-electron chi connectivity index (χ3n) is 4.14. The largest absolute Gasteiger partial charge is 0.329 e. The molecule has 0 unspecified atom stereocenters. The molecule has 7 heteroatoms. The van der Waals surface area contributed by atoms with E-state index in [0.29, 0.717) is 22.2 Å². The van der Waals surface area contributed by atoms with E-state index in [9.17, 15) is 19.2 Å². The molecule has 3 rings (SSSR count). The summed E-state index contributed by atoms with van der Waals surface area (Å²) in [5.41, 5.74) is 0.0924. The van der Waals surface area contributed by atoms with Crippen molar-refractivity contribution < 1.29 is 9.59 Å². The van der Waals surface area contributed by atoms with Gasteiger partial charge < -0.3 is 10.3 Å². The van der Waals surface area contributed by atoms with Crippen LogP contribution in [0.25, 0.3) is 10.9 Å². The van der Waals surface area contributed by atoms with Crippen LogP contribution < -0.4 is 16.6 Å². The molecular formula is C19H17N3O4. The molecule has 0 aliphatic rings. The Morgan fingerprint density at radius 3 is 2.54 bits per heavy atom. The van der Waals surface area contributed by atoms with Crippen LogP contribution in [0.2, 0.25) is 0 Å². The van der Waals surface area contributed by atoms with Gasteiger partial charge >= 0.3 is 5.69 Å². The van der Waals surface area contributed by atoms with Crippen LogP contribution in [0.5, 0.6) is 0 Å². The van der Waals surface area contributed by atoms with Gasteiger partial charge in [-0.3, -0.25) is 14.4 Å². The Morgan fingerprint density at radius 2 is 1.81 bits per heavy atom. The van der Waals surface area contributed by atoms with E-state index in [1.54, 1.807) is 48.5 Å². The van der Waals surface area contributed by atoms with E-state index < -0.39 is 23.2 Å². The number of benzene rings is 2. The van der Waals surface area contributed by atoms with Gasteiger partial charge in [-0.05, 0) is 38.1 Å². The van der Waals surface area contributed by atoms with Gasteiger partial charge in [-0.1, -0.05) is 24.3 Å². The Bertz CT molecular complexity index is 1130. The molecule has 132 valence electrons. The molecule has 0 saturated carbocycles. The van der Waals surface area contributed by atoms with Crippen LogP contribution in [0, 0.1) is 0 Å². The summed E-state index contributed by atoms with van der Waals surface area (Å²) in [4.78, 5) is 51.5. The average Bonchev–Trinajstić information content (AvgIpc) is 2.61. The van der Waals surface area contributed by atoms with Crippen LogP contribution in [-0.2, 0) is 4.79 Å². The number of para-hydroxylation sites is 1. The molecule has 1 heterocycles. The number of H-pyrrole nitrogens is 1. The summed E-state index contributed by atoms with van der Waals surface area (Å²) in [5, 5.41) is 2.96. The van der Waals surface area contributed by atoms with Crippen molar-refractivity contribution >= 4 is 28.3 Å². The number of carbonyl (C=O) groups is 2. The predicted octanol–water partition coefficient (Wildman–Crippen LogP) is 2.09. The zero-order valence-corrected chi connectivity index (χ0v) is 14.3. The highest BCUT2D eigenvalue weighted by molar-refractivity contribution is 5.98. The van der Waals surface area contributed by atoms with Crippen molar-refractivity contribution in [1.29, 1.82) is 0 Å². The highest BCUT2D eigenvalue weighted by Gasteiger charge is 2.20. The van der Waals surface area contributed by atoms with Crippen LogP contribution in [0.1, 0.15) is 30.2 Å². The maximum atomic E-state index is 12.6. The lowest BCUT2D eigenvalue weighted by molar-refractivity contribution is -0.119. The molecular weight excluding hydrogens is 334 g/mol. The summed E-state index contributed by atoms with van der Waals surface area (Å²) in [6.45, 7) is 2.90. The Morgan fingerprint density at radius 1 is 1.08 bits per heavy atom. The van der Waals surface area contributed by atoms with Crippen molar-refractivity contribution in [3.8, 4) is 0 Å². The number of aromatic nitrogens is 2. The Kier molecular flexibility index (Phi) is 4.53. The molecule has 0 radical (unpaired) electrons. The molecule has 2 N–H and O–H groups in total. The van der Waals surface area contributed by atoms with Gasteiger partial charge in [0, 0.05) is 11.3 Å². The third kappa shape index (κ3) is 3.19. The number of fused-ring (bicyclic) bond motifs is 1. The minimum atomic E-state index is -1.03. The molecule has 1 amide bonds. The number of nitrogens with zero attached hydrogens (tertiary/aromatic N) is 1. The number of Topliss-reactive ketones (excluding diaryl/α,β-unsaturated/α-hetero) is 1. The van der Waals surface area contributed by atoms with Gasteiger partial charge in [0.05, 0.1) is 10.9 Å². The lowest BCUT2D eigenvalue weighted by Gasteiger charge is -2.15. The number of carbonyl (C=O) groups excluding carboxylic acids is 2. The van der Waals surface area contributed by atoms with E-state index in [4.69, 9.17) is 0 Å². The summed E-state index contributed by atoms with van der Waals surface area (Å²) in [5.74, 6) is -0.662. The molecule has 0 bridgehead atoms. The van der Waals surface area contributed by atoms with Gasteiger partial charge in [0.2, 0.25) is 5.91 Å². The van der Waals surface area contributed by atoms with Crippen LogP contribution in [0.15, 0.2) is 58.1 Å². The number of nitrogens with one attached hydrogen (secondary N) is 2. The Labute approximate surface area is 148 Å². The first kappa shape index (κ1) is 17.3. The number of rotatable bonds is 4. The molecule has 0 fully saturated rings. The molecule has 1 atom stereocenters. The third-order valence-corrected chi connectivity index (χ3v) is 4.14. The smallest absolute Gasteiger partial charge is 0.324 e. The maximum absolute atomic E-state index is 12.6. The number of aromatic amines is 1. The van der Waals surface area contributed by atoms with E-state index in [1.165, 1.54) is 13.8 Å². The highest BCUT2D eigenvalue weighted by atomic mass is 16.2. The molecule has 0 aliphatic carbocycles. The minimum absolute atomic E-state index is 0.128. The second-order valence-corrected chi connectivity index (χ2v) is 5.95. The van der Waals surface area contributed by atoms with Crippen LogP contribution in [-0.4, -0.2) is 21.2 Å². The SMILES string of the molecule is CC(=O)c1cccc(NC(=O)[C@H](C)n2c(=O)[nH]c3ccccc3c2=O)c1. The molecule has 1 aromatic heterocycles. The van der Waals surface area contributed by atoms with Gasteiger partial charge in [0.25, 0.3) is 5.56 Å². The quantitative estimate of drug-likeness (QED) is 0.703. The highest BCUT2D eigenvalue weighted by Crippen LogP contribution is 2.14. The summed E-state index contributed by atoms with van der Waals surface area (Å²) >= 11 is 0. The molecule has 0 spiro atoms. The summed E-state index contributed by atoms with van der Waals surface area (Å²) in [6.07, 6.45) is 0. The van der Waals surface area contributed by atoms with Crippen molar-refractivity contribution in [3.63, 3.8) is 0 Å². The molecule has 2 aromatic carbocycles. The fraction of sp³-hybridized carbons (Fsp3) is 0.158. The van der Waals surface area contributed by atoms with E-state index in [2.05, 4.69) is 10.3 Å². The second kappa shape index (κ2) is 6.79. The molecule has 3 aromatic rings. The van der Waals surface area contributed by atoms with Crippen molar-refractivity contribution in [3.05, 3.63) is 74.9 Å². The molecule has 26 heavy (non-hydrogen) atoms. The normalized spacial score (nSPS) is 11.9. The number of hydrogen-bond donors (Lipinski definition) is 2. The maximum Gasteiger partial charge on any atom is 0.329 e. The molecule has 0 aliphatic heterocycles. The zero-order chi connectivity index (χ0) is 18.8. The Balaban J connectivity index is 1.96. The van der Waals surface area contributed by atoms with Crippen LogP contribution >= 0.6 is 0 Å². The molecule has 7 nitrogen and oxygen atoms in total. The van der Waals surface area contributed by atoms with Crippen molar-refractivity contribution in [2.45, 2.75) is 19.9 Å². The lowest BCUT2D eigenvalue weighted by Crippen LogP contribution is -2.41. The summed E-state index contributed by atoms with van der Waals surface area (Å²) in [7, 11) is 0. The van der Waals surface area contributed by atoms with Crippen LogP contribution in [0.4, 0.5) is 5.69 Å². The first-order chi connectivity index (χ1) is 12.4. The number of ketones is 1. The predicted molar refractivity (Wildman–Crippen MR) is 98.6 cm³/mol. The van der Waals surface area contributed by atoms with Gasteiger partial charge in [-0.25, -0.2) is 9.36 Å². The fourth-order valence-corrected chi connectivity index (χ4v) is 2.71.